The first-order valence-corrected chi connectivity index (χ1v) is 10.0. The van der Waals surface area contributed by atoms with E-state index >= 15 is 0 Å². The maximum Gasteiger partial charge on any atom is 0.416 e. The third-order valence-corrected chi connectivity index (χ3v) is 4.66. The molecule has 0 saturated carbocycles. The molecule has 0 fully saturated rings. The van der Waals surface area contributed by atoms with Crippen molar-refractivity contribution in [2.75, 3.05) is 0 Å². The molecule has 0 N–H and O–H groups in total. The van der Waals surface area contributed by atoms with Gasteiger partial charge in [-0.3, -0.25) is 0 Å². The summed E-state index contributed by atoms with van der Waals surface area (Å²) >= 11 is 0. The van der Waals surface area contributed by atoms with E-state index in [1.807, 2.05) is 74.5 Å². The number of hydrogen-bond acceptors (Lipinski definition) is 2. The Balaban J connectivity index is 1.53. The van der Waals surface area contributed by atoms with Gasteiger partial charge in [0, 0.05) is 0 Å². The normalized spacial score (nSPS) is 12.3. The predicted octanol–water partition coefficient (Wildman–Crippen LogP) is 7.90. The van der Waals surface area contributed by atoms with Crippen molar-refractivity contribution < 1.29 is 22.6 Å². The van der Waals surface area contributed by atoms with Crippen molar-refractivity contribution in [2.45, 2.75) is 38.7 Å². The van der Waals surface area contributed by atoms with Crippen molar-refractivity contribution in [1.82, 2.24) is 0 Å². The molecule has 0 saturated heterocycles. The Hall–Kier alpha value is -3.05. The van der Waals surface area contributed by atoms with E-state index in [2.05, 4.69) is 0 Å². The number of rotatable bonds is 8. The molecule has 162 valence electrons. The summed E-state index contributed by atoms with van der Waals surface area (Å²) in [5, 5.41) is 0. The van der Waals surface area contributed by atoms with Gasteiger partial charge in [-0.25, -0.2) is 0 Å². The Bertz CT molecular complexity index is 991. The van der Waals surface area contributed by atoms with Gasteiger partial charge in [0.15, 0.2) is 0 Å². The molecule has 31 heavy (non-hydrogen) atoms. The van der Waals surface area contributed by atoms with Crippen LogP contribution in [0.1, 0.15) is 37.0 Å². The smallest absolute Gasteiger partial charge is 0.416 e. The van der Waals surface area contributed by atoms with Crippen molar-refractivity contribution in [1.29, 1.82) is 0 Å². The fourth-order valence-corrected chi connectivity index (χ4v) is 2.92. The summed E-state index contributed by atoms with van der Waals surface area (Å²) in [5.41, 5.74) is 0.633. The highest BCUT2D eigenvalue weighted by atomic mass is 19.4. The van der Waals surface area contributed by atoms with Gasteiger partial charge in [-0.15, -0.1) is 0 Å². The van der Waals surface area contributed by atoms with E-state index in [9.17, 15) is 13.2 Å². The van der Waals surface area contributed by atoms with Gasteiger partial charge in [0.05, 0.1) is 17.8 Å². The van der Waals surface area contributed by atoms with Gasteiger partial charge in [0.2, 0.25) is 0 Å². The molecule has 0 aliphatic rings. The van der Waals surface area contributed by atoms with Gasteiger partial charge in [-0.05, 0) is 67.8 Å². The van der Waals surface area contributed by atoms with Crippen molar-refractivity contribution in [3.63, 3.8) is 0 Å². The number of benzene rings is 3. The quantitative estimate of drug-likeness (QED) is 0.364. The molecule has 0 amide bonds. The molecule has 3 aromatic carbocycles. The van der Waals surface area contributed by atoms with Crippen LogP contribution < -0.4 is 4.74 Å². The maximum absolute atomic E-state index is 12.6. The Kier molecular flexibility index (Phi) is 7.18. The van der Waals surface area contributed by atoms with E-state index in [-0.39, 0.29) is 0 Å². The molecule has 0 bridgehead atoms. The molecule has 2 nitrogen and oxygen atoms in total. The molecule has 3 aromatic rings. The van der Waals surface area contributed by atoms with Crippen LogP contribution in [0, 0.1) is 0 Å². The molecule has 0 aliphatic heterocycles. The summed E-state index contributed by atoms with van der Waals surface area (Å²) in [5.74, 6) is 1.52. The van der Waals surface area contributed by atoms with Crippen molar-refractivity contribution in [2.24, 2.45) is 0 Å². The van der Waals surface area contributed by atoms with Gasteiger partial charge in [-0.2, -0.15) is 13.2 Å². The minimum Gasteiger partial charge on any atom is -0.457 e. The first kappa shape index (κ1) is 22.6. The van der Waals surface area contributed by atoms with Gasteiger partial charge < -0.3 is 9.47 Å². The summed E-state index contributed by atoms with van der Waals surface area (Å²) in [6, 6.07) is 22.4. The topological polar surface area (TPSA) is 18.5 Å². The minimum atomic E-state index is -4.32. The van der Waals surface area contributed by atoms with Crippen LogP contribution in [-0.4, -0.2) is 5.60 Å². The maximum atomic E-state index is 12.6. The lowest BCUT2D eigenvalue weighted by Crippen LogP contribution is -2.23. The standard InChI is InChI=1S/C26H25F3O2/c1-25(2,17-7-9-20-13-15-22(16-14-20)26(27,28)29)30-19-21-8-6-12-24(18-21)31-23-10-4-3-5-11-23/h3-16,18H,17,19H2,1-2H3. The fourth-order valence-electron chi connectivity index (χ4n) is 2.92. The van der Waals surface area contributed by atoms with Gasteiger partial charge >= 0.3 is 6.18 Å². The van der Waals surface area contributed by atoms with Gasteiger partial charge in [0.25, 0.3) is 0 Å². The summed E-state index contributed by atoms with van der Waals surface area (Å²) in [6.07, 6.45) is 0.0207. The molecule has 0 unspecified atom stereocenters. The number of ether oxygens (including phenoxy) is 2. The second kappa shape index (κ2) is 9.84. The molecule has 0 radical (unpaired) electrons. The zero-order valence-electron chi connectivity index (χ0n) is 17.5. The van der Waals surface area contributed by atoms with Crippen LogP contribution in [0.5, 0.6) is 11.5 Å². The summed E-state index contributed by atoms with van der Waals surface area (Å²) in [6.45, 7) is 4.38. The second-order valence-corrected chi connectivity index (χ2v) is 7.84. The van der Waals surface area contributed by atoms with Crippen molar-refractivity contribution >= 4 is 6.08 Å². The SMILES string of the molecule is CC(C)(CC=Cc1ccc(C(F)(F)F)cc1)OCc1cccc(Oc2ccccc2)c1. The summed E-state index contributed by atoms with van der Waals surface area (Å²) in [4.78, 5) is 0. The molecule has 0 spiro atoms. The van der Waals surface area contributed by atoms with Crippen LogP contribution in [0.2, 0.25) is 0 Å². The highest BCUT2D eigenvalue weighted by Gasteiger charge is 2.29. The summed E-state index contributed by atoms with van der Waals surface area (Å²) in [7, 11) is 0. The van der Waals surface area contributed by atoms with Crippen molar-refractivity contribution in [3.8, 4) is 11.5 Å². The predicted molar refractivity (Wildman–Crippen MR) is 117 cm³/mol. The number of halogens is 3. The summed E-state index contributed by atoms with van der Waals surface area (Å²) < 4.78 is 49.9. The Morgan fingerprint density at radius 2 is 1.48 bits per heavy atom. The Labute approximate surface area is 180 Å². The Morgan fingerprint density at radius 3 is 2.16 bits per heavy atom. The van der Waals surface area contributed by atoms with Crippen molar-refractivity contribution in [3.05, 3.63) is 102 Å². The molecular weight excluding hydrogens is 401 g/mol. The van der Waals surface area contributed by atoms with E-state index in [0.717, 1.165) is 34.8 Å². The van der Waals surface area contributed by atoms with Crippen LogP contribution in [0.25, 0.3) is 6.08 Å². The van der Waals surface area contributed by atoms with Gasteiger partial charge in [-0.1, -0.05) is 54.6 Å². The van der Waals surface area contributed by atoms with Crippen LogP contribution >= 0.6 is 0 Å². The molecule has 0 aromatic heterocycles. The van der Waals surface area contributed by atoms with E-state index in [1.54, 1.807) is 6.08 Å². The number of hydrogen-bond donors (Lipinski definition) is 0. The van der Waals surface area contributed by atoms with Crippen LogP contribution in [-0.2, 0) is 17.5 Å². The Morgan fingerprint density at radius 1 is 0.806 bits per heavy atom. The van der Waals surface area contributed by atoms with E-state index in [0.29, 0.717) is 13.0 Å². The highest BCUT2D eigenvalue weighted by Crippen LogP contribution is 2.29. The molecule has 5 heteroatoms. The fraction of sp³-hybridized carbons (Fsp3) is 0.231. The second-order valence-electron chi connectivity index (χ2n) is 7.84. The highest BCUT2D eigenvalue weighted by molar-refractivity contribution is 5.50. The third kappa shape index (κ3) is 7.30. The molecule has 0 heterocycles. The molecule has 0 atom stereocenters. The first-order valence-electron chi connectivity index (χ1n) is 10.0. The zero-order chi connectivity index (χ0) is 22.3. The molecule has 3 rings (SSSR count). The lowest BCUT2D eigenvalue weighted by Gasteiger charge is -2.24. The van der Waals surface area contributed by atoms with Gasteiger partial charge in [0.1, 0.15) is 11.5 Å². The largest absolute Gasteiger partial charge is 0.457 e. The molecule has 0 aliphatic carbocycles. The lowest BCUT2D eigenvalue weighted by molar-refractivity contribution is -0.137. The zero-order valence-corrected chi connectivity index (χ0v) is 17.5. The van der Waals surface area contributed by atoms with E-state index in [4.69, 9.17) is 9.47 Å². The average Bonchev–Trinajstić information content (AvgIpc) is 2.73. The minimum absolute atomic E-state index is 0.424. The van der Waals surface area contributed by atoms with E-state index < -0.39 is 17.3 Å². The first-order chi connectivity index (χ1) is 14.7. The monoisotopic (exact) mass is 426 g/mol. The third-order valence-electron chi connectivity index (χ3n) is 4.66. The van der Waals surface area contributed by atoms with Crippen LogP contribution in [0.15, 0.2) is 84.9 Å². The molecular formula is C26H25F3O2. The van der Waals surface area contributed by atoms with Crippen LogP contribution in [0.3, 0.4) is 0 Å². The van der Waals surface area contributed by atoms with Crippen LogP contribution in [0.4, 0.5) is 13.2 Å². The lowest BCUT2D eigenvalue weighted by atomic mass is 10.0. The average molecular weight is 426 g/mol. The number of para-hydroxylation sites is 1. The number of alkyl halides is 3. The van der Waals surface area contributed by atoms with E-state index in [1.165, 1.54) is 12.1 Å².